The summed E-state index contributed by atoms with van der Waals surface area (Å²) in [5, 5.41) is 15.0. The lowest BCUT2D eigenvalue weighted by atomic mass is 9.93. The van der Waals surface area contributed by atoms with Crippen molar-refractivity contribution in [3.63, 3.8) is 0 Å². The van der Waals surface area contributed by atoms with Crippen molar-refractivity contribution in [3.05, 3.63) is 34.9 Å². The zero-order valence-corrected chi connectivity index (χ0v) is 14.8. The van der Waals surface area contributed by atoms with Crippen LogP contribution >= 0.6 is 11.6 Å². The van der Waals surface area contributed by atoms with Gasteiger partial charge in [-0.15, -0.1) is 0 Å². The van der Waals surface area contributed by atoms with Crippen molar-refractivity contribution in [3.8, 4) is 0 Å². The van der Waals surface area contributed by atoms with Crippen LogP contribution in [0.1, 0.15) is 18.4 Å². The summed E-state index contributed by atoms with van der Waals surface area (Å²) in [7, 11) is 0. The predicted molar refractivity (Wildman–Crippen MR) is 95.1 cm³/mol. The van der Waals surface area contributed by atoms with Crippen LogP contribution in [-0.4, -0.2) is 55.0 Å². The van der Waals surface area contributed by atoms with Gasteiger partial charge in [-0.25, -0.2) is 0 Å². The molecule has 24 heavy (non-hydrogen) atoms. The molecule has 1 aromatic carbocycles. The number of halogens is 1. The van der Waals surface area contributed by atoms with Crippen LogP contribution in [0.2, 0.25) is 5.02 Å². The predicted octanol–water partition coefficient (Wildman–Crippen LogP) is 2.15. The number of β-amino-alcohol motifs (C(OH)–C–C–N with tert-alkyl or cyclic N) is 1. The number of hydrogen-bond donors (Lipinski definition) is 2. The molecule has 3 fully saturated rings. The quantitative estimate of drug-likeness (QED) is 0.825. The zero-order valence-electron chi connectivity index (χ0n) is 14.1. The van der Waals surface area contributed by atoms with Gasteiger partial charge in [0.2, 0.25) is 0 Å². The monoisotopic (exact) mass is 350 g/mol. The molecule has 1 aliphatic carbocycles. The van der Waals surface area contributed by atoms with Gasteiger partial charge in [0, 0.05) is 57.3 Å². The van der Waals surface area contributed by atoms with E-state index in [-0.39, 0.29) is 0 Å². The van der Waals surface area contributed by atoms with Crippen LogP contribution in [0.15, 0.2) is 24.3 Å². The maximum atomic E-state index is 10.6. The maximum Gasteiger partial charge on any atom is 0.0817 e. The molecule has 2 N–H and O–H groups in total. The summed E-state index contributed by atoms with van der Waals surface area (Å²) in [6.45, 7) is 6.51. The van der Waals surface area contributed by atoms with E-state index in [2.05, 4.69) is 16.3 Å². The second-order valence-electron chi connectivity index (χ2n) is 7.78. The largest absolute Gasteiger partial charge is 0.388 e. The van der Waals surface area contributed by atoms with Gasteiger partial charge < -0.3 is 15.2 Å². The molecule has 0 amide bonds. The lowest BCUT2D eigenvalue weighted by Gasteiger charge is -2.36. The minimum Gasteiger partial charge on any atom is -0.388 e. The van der Waals surface area contributed by atoms with Crippen LogP contribution in [0.4, 0.5) is 0 Å². The molecule has 2 aliphatic heterocycles. The average Bonchev–Trinajstić information content (AvgIpc) is 3.00. The highest BCUT2D eigenvalue weighted by atomic mass is 35.5. The Balaban J connectivity index is 1.17. The fourth-order valence-corrected chi connectivity index (χ4v) is 4.74. The summed E-state index contributed by atoms with van der Waals surface area (Å²) in [5.41, 5.74) is 0.728. The van der Waals surface area contributed by atoms with Gasteiger partial charge in [0.05, 0.1) is 5.60 Å². The SMILES string of the molecule is OC1(CN2CC3C(CNCc4cccc(Cl)c4)C3C2)CCOCC1. The van der Waals surface area contributed by atoms with Crippen molar-refractivity contribution in [1.29, 1.82) is 0 Å². The Morgan fingerprint density at radius 3 is 2.71 bits per heavy atom. The minimum atomic E-state index is -0.518. The highest BCUT2D eigenvalue weighted by Crippen LogP contribution is 2.51. The molecule has 0 bridgehead atoms. The van der Waals surface area contributed by atoms with E-state index >= 15 is 0 Å². The first-order valence-electron chi connectivity index (χ1n) is 9.11. The third-order valence-corrected chi connectivity index (χ3v) is 6.22. The lowest BCUT2D eigenvalue weighted by molar-refractivity contribution is -0.0787. The number of benzene rings is 1. The van der Waals surface area contributed by atoms with Crippen molar-refractivity contribution < 1.29 is 9.84 Å². The number of aliphatic hydroxyl groups is 1. The van der Waals surface area contributed by atoms with E-state index in [1.165, 1.54) is 5.56 Å². The molecule has 3 aliphatic rings. The van der Waals surface area contributed by atoms with Crippen LogP contribution in [0.3, 0.4) is 0 Å². The fourth-order valence-electron chi connectivity index (χ4n) is 4.52. The average molecular weight is 351 g/mol. The summed E-state index contributed by atoms with van der Waals surface area (Å²) in [5.74, 6) is 2.45. The highest BCUT2D eigenvalue weighted by Gasteiger charge is 2.55. The van der Waals surface area contributed by atoms with Crippen molar-refractivity contribution in [2.45, 2.75) is 25.0 Å². The van der Waals surface area contributed by atoms with E-state index in [1.54, 1.807) is 0 Å². The van der Waals surface area contributed by atoms with E-state index in [0.717, 1.165) is 68.3 Å². The molecule has 2 atom stereocenters. The lowest BCUT2D eigenvalue weighted by Crippen LogP contribution is -2.47. The first kappa shape index (κ1) is 16.8. The molecular weight excluding hydrogens is 324 g/mol. The van der Waals surface area contributed by atoms with Gasteiger partial charge in [0.25, 0.3) is 0 Å². The molecule has 2 heterocycles. The van der Waals surface area contributed by atoms with E-state index in [1.807, 2.05) is 18.2 Å². The van der Waals surface area contributed by atoms with Crippen molar-refractivity contribution in [1.82, 2.24) is 10.2 Å². The zero-order chi connectivity index (χ0) is 16.6. The van der Waals surface area contributed by atoms with Crippen molar-refractivity contribution in [2.24, 2.45) is 17.8 Å². The van der Waals surface area contributed by atoms with E-state index in [0.29, 0.717) is 13.2 Å². The first-order chi connectivity index (χ1) is 11.6. The Hall–Kier alpha value is -0.650. The molecule has 1 saturated carbocycles. The Morgan fingerprint density at radius 1 is 1.25 bits per heavy atom. The fraction of sp³-hybridized carbons (Fsp3) is 0.684. The first-order valence-corrected chi connectivity index (χ1v) is 9.48. The van der Waals surface area contributed by atoms with Crippen LogP contribution in [0, 0.1) is 17.8 Å². The van der Waals surface area contributed by atoms with Gasteiger partial charge in [-0.05, 0) is 42.0 Å². The molecule has 0 radical (unpaired) electrons. The number of nitrogens with zero attached hydrogens (tertiary/aromatic N) is 1. The molecule has 5 heteroatoms. The topological polar surface area (TPSA) is 44.7 Å². The van der Waals surface area contributed by atoms with Crippen LogP contribution < -0.4 is 5.32 Å². The summed E-state index contributed by atoms with van der Waals surface area (Å²) in [6.07, 6.45) is 1.56. The van der Waals surface area contributed by atoms with Gasteiger partial charge >= 0.3 is 0 Å². The second-order valence-corrected chi connectivity index (χ2v) is 8.22. The molecule has 4 rings (SSSR count). The van der Waals surface area contributed by atoms with Gasteiger partial charge in [-0.3, -0.25) is 4.90 Å². The molecular formula is C19H27ClN2O2. The molecule has 2 saturated heterocycles. The minimum absolute atomic E-state index is 0.518. The third kappa shape index (κ3) is 3.78. The van der Waals surface area contributed by atoms with Crippen molar-refractivity contribution >= 4 is 11.6 Å². The summed E-state index contributed by atoms with van der Waals surface area (Å²) in [6, 6.07) is 8.06. The molecule has 0 spiro atoms. The molecule has 0 aromatic heterocycles. The van der Waals surface area contributed by atoms with Gasteiger partial charge in [-0.2, -0.15) is 0 Å². The Bertz CT molecular complexity index is 564. The Kier molecular flexibility index (Phi) is 4.85. The highest BCUT2D eigenvalue weighted by molar-refractivity contribution is 6.30. The van der Waals surface area contributed by atoms with E-state index < -0.39 is 5.60 Å². The molecule has 4 nitrogen and oxygen atoms in total. The number of piperidine rings is 1. The third-order valence-electron chi connectivity index (χ3n) is 5.99. The summed E-state index contributed by atoms with van der Waals surface area (Å²) >= 11 is 6.02. The number of ether oxygens (including phenoxy) is 1. The van der Waals surface area contributed by atoms with Crippen molar-refractivity contribution in [2.75, 3.05) is 39.4 Å². The van der Waals surface area contributed by atoms with Gasteiger partial charge in [0.1, 0.15) is 0 Å². The molecule has 132 valence electrons. The smallest absolute Gasteiger partial charge is 0.0817 e. The number of likely N-dealkylation sites (tertiary alicyclic amines) is 1. The summed E-state index contributed by atoms with van der Waals surface area (Å²) < 4.78 is 5.37. The normalized spacial score (nSPS) is 31.8. The Labute approximate surface area is 149 Å². The molecule has 1 aromatic rings. The van der Waals surface area contributed by atoms with Gasteiger partial charge in [0.15, 0.2) is 0 Å². The number of rotatable bonds is 6. The van der Waals surface area contributed by atoms with Crippen LogP contribution in [0.5, 0.6) is 0 Å². The van der Waals surface area contributed by atoms with Gasteiger partial charge in [-0.1, -0.05) is 23.7 Å². The van der Waals surface area contributed by atoms with Crippen LogP contribution in [0.25, 0.3) is 0 Å². The van der Waals surface area contributed by atoms with Crippen LogP contribution in [-0.2, 0) is 11.3 Å². The molecule has 2 unspecified atom stereocenters. The van der Waals surface area contributed by atoms with E-state index in [4.69, 9.17) is 16.3 Å². The summed E-state index contributed by atoms with van der Waals surface area (Å²) in [4.78, 5) is 2.47. The number of hydrogen-bond acceptors (Lipinski definition) is 4. The maximum absolute atomic E-state index is 10.6. The number of nitrogens with one attached hydrogen (secondary N) is 1. The van der Waals surface area contributed by atoms with E-state index in [9.17, 15) is 5.11 Å². The standard InChI is InChI=1S/C19H27ClN2O2/c20-15-3-1-2-14(8-15)9-21-10-16-17-11-22(12-18(16)17)13-19(23)4-6-24-7-5-19/h1-3,8,16-18,21,23H,4-7,9-13H2. The number of fused-ring (bicyclic) bond motifs is 1. The second kappa shape index (κ2) is 6.93. The Morgan fingerprint density at radius 2 is 2.00 bits per heavy atom.